The second-order valence-electron chi connectivity index (χ2n) is 6.22. The summed E-state index contributed by atoms with van der Waals surface area (Å²) in [6.45, 7) is 6.74. The Bertz CT molecular complexity index is 253. The van der Waals surface area contributed by atoms with Crippen molar-refractivity contribution in [2.24, 2.45) is 5.41 Å². The lowest BCUT2D eigenvalue weighted by molar-refractivity contribution is -0.138. The third-order valence-corrected chi connectivity index (χ3v) is 4.34. The maximum atomic E-state index is 10.8. The molecule has 1 N–H and O–H groups in total. The standard InChI is InChI=1S/C14H27NO2/c1-5-11(10-13(16)17)15(4)12-6-8-14(2,3)9-7-12/h11-12H,5-10H2,1-4H3,(H,16,17). The lowest BCUT2D eigenvalue weighted by Crippen LogP contribution is -2.43. The van der Waals surface area contributed by atoms with E-state index in [1.807, 2.05) is 0 Å². The first-order valence-electron chi connectivity index (χ1n) is 6.79. The van der Waals surface area contributed by atoms with Gasteiger partial charge in [-0.25, -0.2) is 0 Å². The van der Waals surface area contributed by atoms with Gasteiger partial charge in [-0.3, -0.25) is 9.69 Å². The summed E-state index contributed by atoms with van der Waals surface area (Å²) in [6.07, 6.45) is 6.12. The monoisotopic (exact) mass is 241 g/mol. The number of hydrogen-bond donors (Lipinski definition) is 1. The molecular weight excluding hydrogens is 214 g/mol. The Morgan fingerprint density at radius 2 is 1.94 bits per heavy atom. The highest BCUT2D eigenvalue weighted by atomic mass is 16.4. The summed E-state index contributed by atoms with van der Waals surface area (Å²) in [5, 5.41) is 8.92. The predicted octanol–water partition coefficient (Wildman–Crippen LogP) is 3.14. The second-order valence-corrected chi connectivity index (χ2v) is 6.22. The van der Waals surface area contributed by atoms with Crippen LogP contribution in [-0.4, -0.2) is 35.1 Å². The fraction of sp³-hybridized carbons (Fsp3) is 0.929. The molecule has 3 nitrogen and oxygen atoms in total. The van der Waals surface area contributed by atoms with Crippen LogP contribution in [-0.2, 0) is 4.79 Å². The molecule has 100 valence electrons. The fourth-order valence-corrected chi connectivity index (χ4v) is 2.87. The number of carboxylic acid groups (broad SMARTS) is 1. The Morgan fingerprint density at radius 3 is 2.35 bits per heavy atom. The molecule has 1 aliphatic carbocycles. The largest absolute Gasteiger partial charge is 0.481 e. The summed E-state index contributed by atoms with van der Waals surface area (Å²) in [6, 6.07) is 0.769. The van der Waals surface area contributed by atoms with Crippen LogP contribution < -0.4 is 0 Å². The molecule has 1 atom stereocenters. The molecule has 0 saturated heterocycles. The van der Waals surface area contributed by atoms with E-state index < -0.39 is 5.97 Å². The van der Waals surface area contributed by atoms with Gasteiger partial charge in [-0.05, 0) is 44.6 Å². The molecule has 0 aromatic rings. The maximum Gasteiger partial charge on any atom is 0.304 e. The molecule has 0 aliphatic heterocycles. The normalized spacial score (nSPS) is 22.6. The van der Waals surface area contributed by atoms with Crippen molar-refractivity contribution in [2.75, 3.05) is 7.05 Å². The Morgan fingerprint density at radius 1 is 1.41 bits per heavy atom. The topological polar surface area (TPSA) is 40.5 Å². The Balaban J connectivity index is 2.51. The van der Waals surface area contributed by atoms with E-state index >= 15 is 0 Å². The van der Waals surface area contributed by atoms with Crippen LogP contribution in [0.25, 0.3) is 0 Å². The van der Waals surface area contributed by atoms with E-state index in [1.54, 1.807) is 0 Å². The minimum absolute atomic E-state index is 0.193. The molecular formula is C14H27NO2. The first-order valence-corrected chi connectivity index (χ1v) is 6.79. The highest BCUT2D eigenvalue weighted by Gasteiger charge is 2.31. The van der Waals surface area contributed by atoms with Crippen LogP contribution in [0.5, 0.6) is 0 Å². The Labute approximate surface area is 105 Å². The molecule has 1 unspecified atom stereocenters. The molecule has 17 heavy (non-hydrogen) atoms. The minimum Gasteiger partial charge on any atom is -0.481 e. The molecule has 1 rings (SSSR count). The molecule has 3 heteroatoms. The van der Waals surface area contributed by atoms with E-state index in [0.29, 0.717) is 11.5 Å². The van der Waals surface area contributed by atoms with Crippen LogP contribution in [0.4, 0.5) is 0 Å². The highest BCUT2D eigenvalue weighted by Crippen LogP contribution is 2.37. The van der Waals surface area contributed by atoms with E-state index in [0.717, 1.165) is 6.42 Å². The molecule has 1 aliphatic rings. The fourth-order valence-electron chi connectivity index (χ4n) is 2.87. The van der Waals surface area contributed by atoms with Gasteiger partial charge in [-0.1, -0.05) is 20.8 Å². The van der Waals surface area contributed by atoms with Crippen molar-refractivity contribution in [2.45, 2.75) is 71.4 Å². The molecule has 0 bridgehead atoms. The second kappa shape index (κ2) is 5.85. The van der Waals surface area contributed by atoms with Crippen LogP contribution in [0.3, 0.4) is 0 Å². The van der Waals surface area contributed by atoms with Gasteiger partial charge in [0, 0.05) is 12.1 Å². The van der Waals surface area contributed by atoms with Crippen molar-refractivity contribution >= 4 is 5.97 Å². The lowest BCUT2D eigenvalue weighted by Gasteiger charge is -2.41. The van der Waals surface area contributed by atoms with Gasteiger partial charge in [-0.2, -0.15) is 0 Å². The van der Waals surface area contributed by atoms with Gasteiger partial charge < -0.3 is 5.11 Å². The number of rotatable bonds is 5. The zero-order chi connectivity index (χ0) is 13.1. The molecule has 1 saturated carbocycles. The van der Waals surface area contributed by atoms with Crippen LogP contribution in [0.15, 0.2) is 0 Å². The minimum atomic E-state index is -0.681. The number of aliphatic carboxylic acids is 1. The van der Waals surface area contributed by atoms with Crippen molar-refractivity contribution in [1.29, 1.82) is 0 Å². The Hall–Kier alpha value is -0.570. The van der Waals surface area contributed by atoms with E-state index in [9.17, 15) is 4.79 Å². The summed E-state index contributed by atoms with van der Waals surface area (Å²) in [5.74, 6) is -0.681. The molecule has 0 spiro atoms. The summed E-state index contributed by atoms with van der Waals surface area (Å²) in [5.41, 5.74) is 0.478. The molecule has 0 radical (unpaired) electrons. The van der Waals surface area contributed by atoms with Gasteiger partial charge in [0.05, 0.1) is 6.42 Å². The van der Waals surface area contributed by atoms with E-state index in [1.165, 1.54) is 25.7 Å². The van der Waals surface area contributed by atoms with Gasteiger partial charge in [0.15, 0.2) is 0 Å². The summed E-state index contributed by atoms with van der Waals surface area (Å²) < 4.78 is 0. The predicted molar refractivity (Wildman–Crippen MR) is 70.1 cm³/mol. The average Bonchev–Trinajstić information content (AvgIpc) is 2.24. The van der Waals surface area contributed by atoms with Gasteiger partial charge >= 0.3 is 5.97 Å². The molecule has 0 amide bonds. The molecule has 0 heterocycles. The summed E-state index contributed by atoms with van der Waals surface area (Å²) in [4.78, 5) is 13.1. The molecule has 1 fully saturated rings. The van der Waals surface area contributed by atoms with Gasteiger partial charge in [0.25, 0.3) is 0 Å². The van der Waals surface area contributed by atoms with Crippen molar-refractivity contribution in [3.8, 4) is 0 Å². The number of hydrogen-bond acceptors (Lipinski definition) is 2. The zero-order valence-electron chi connectivity index (χ0n) is 11.7. The van der Waals surface area contributed by atoms with Gasteiger partial charge in [0.1, 0.15) is 0 Å². The molecule has 0 aromatic heterocycles. The first kappa shape index (κ1) is 14.5. The summed E-state index contributed by atoms with van der Waals surface area (Å²) in [7, 11) is 2.10. The smallest absolute Gasteiger partial charge is 0.304 e. The number of nitrogens with zero attached hydrogens (tertiary/aromatic N) is 1. The van der Waals surface area contributed by atoms with E-state index in [-0.39, 0.29) is 12.5 Å². The number of carboxylic acids is 1. The van der Waals surface area contributed by atoms with E-state index in [4.69, 9.17) is 5.11 Å². The number of carbonyl (C=O) groups is 1. The highest BCUT2D eigenvalue weighted by molar-refractivity contribution is 5.67. The van der Waals surface area contributed by atoms with Crippen LogP contribution in [0.1, 0.15) is 59.3 Å². The van der Waals surface area contributed by atoms with Crippen molar-refractivity contribution < 1.29 is 9.90 Å². The quantitative estimate of drug-likeness (QED) is 0.804. The SMILES string of the molecule is CCC(CC(=O)O)N(C)C1CCC(C)(C)CC1. The van der Waals surface area contributed by atoms with Crippen molar-refractivity contribution in [1.82, 2.24) is 4.90 Å². The van der Waals surface area contributed by atoms with E-state index in [2.05, 4.69) is 32.7 Å². The Kier molecular flexibility index (Phi) is 4.99. The third-order valence-electron chi connectivity index (χ3n) is 4.34. The first-order chi connectivity index (χ1) is 7.85. The summed E-state index contributed by atoms with van der Waals surface area (Å²) >= 11 is 0. The average molecular weight is 241 g/mol. The van der Waals surface area contributed by atoms with Crippen molar-refractivity contribution in [3.63, 3.8) is 0 Å². The third kappa shape index (κ3) is 4.30. The van der Waals surface area contributed by atoms with Gasteiger partial charge in [-0.15, -0.1) is 0 Å². The maximum absolute atomic E-state index is 10.8. The zero-order valence-corrected chi connectivity index (χ0v) is 11.7. The molecule has 0 aromatic carbocycles. The van der Waals surface area contributed by atoms with Crippen LogP contribution >= 0.6 is 0 Å². The van der Waals surface area contributed by atoms with Crippen LogP contribution in [0, 0.1) is 5.41 Å². The van der Waals surface area contributed by atoms with Crippen LogP contribution in [0.2, 0.25) is 0 Å². The van der Waals surface area contributed by atoms with Crippen molar-refractivity contribution in [3.05, 3.63) is 0 Å². The lowest BCUT2D eigenvalue weighted by atomic mass is 9.75. The van der Waals surface area contributed by atoms with Gasteiger partial charge in [0.2, 0.25) is 0 Å².